The summed E-state index contributed by atoms with van der Waals surface area (Å²) >= 11 is 0. The number of rotatable bonds is 5. The van der Waals surface area contributed by atoms with Crippen molar-refractivity contribution in [3.05, 3.63) is 107 Å². The van der Waals surface area contributed by atoms with Crippen molar-refractivity contribution in [2.45, 2.75) is 36.7 Å². The number of anilines is 1. The Balaban J connectivity index is 1.44. The molecule has 158 valence electrons. The number of hydrogen-bond acceptors (Lipinski definition) is 3. The Morgan fingerprint density at radius 1 is 1.00 bits per heavy atom. The van der Waals surface area contributed by atoms with Crippen molar-refractivity contribution in [3.8, 4) is 0 Å². The second-order valence-electron chi connectivity index (χ2n) is 8.45. The molecule has 2 N–H and O–H groups in total. The molecular weight excluding hydrogens is 404 g/mol. The van der Waals surface area contributed by atoms with Gasteiger partial charge >= 0.3 is 0 Å². The van der Waals surface area contributed by atoms with Crippen molar-refractivity contribution in [1.29, 1.82) is 0 Å². The molecule has 0 bridgehead atoms. The van der Waals surface area contributed by atoms with E-state index in [2.05, 4.69) is 53.4 Å². The van der Waals surface area contributed by atoms with Gasteiger partial charge in [-0.15, -0.1) is 0 Å². The van der Waals surface area contributed by atoms with Gasteiger partial charge in [0.05, 0.1) is 10.9 Å². The Labute approximate surface area is 184 Å². The highest BCUT2D eigenvalue weighted by molar-refractivity contribution is 7.89. The van der Waals surface area contributed by atoms with Crippen molar-refractivity contribution >= 4 is 15.7 Å². The van der Waals surface area contributed by atoms with Gasteiger partial charge in [-0.05, 0) is 54.2 Å². The third-order valence-corrected chi connectivity index (χ3v) is 7.75. The van der Waals surface area contributed by atoms with Crippen LogP contribution in [0.2, 0.25) is 0 Å². The lowest BCUT2D eigenvalue weighted by Crippen LogP contribution is -2.30. The molecule has 1 heterocycles. The van der Waals surface area contributed by atoms with E-state index in [1.807, 2.05) is 42.5 Å². The van der Waals surface area contributed by atoms with Gasteiger partial charge in [0.15, 0.2) is 0 Å². The van der Waals surface area contributed by atoms with Crippen LogP contribution in [0.4, 0.5) is 5.69 Å². The second-order valence-corrected chi connectivity index (χ2v) is 10.2. The molecule has 3 unspecified atom stereocenters. The average molecular weight is 431 g/mol. The molecule has 3 aromatic rings. The van der Waals surface area contributed by atoms with Crippen LogP contribution in [0.15, 0.2) is 89.8 Å². The summed E-state index contributed by atoms with van der Waals surface area (Å²) in [5, 5.41) is 3.69. The highest BCUT2D eigenvalue weighted by Gasteiger charge is 2.38. The minimum Gasteiger partial charge on any atom is -0.378 e. The number of sulfonamides is 1. The number of fused-ring (bicyclic) bond motifs is 3. The molecule has 0 aromatic heterocycles. The number of nitrogens with one attached hydrogen (secondary N) is 2. The van der Waals surface area contributed by atoms with Crippen molar-refractivity contribution < 1.29 is 8.42 Å². The Morgan fingerprint density at radius 3 is 2.65 bits per heavy atom. The fourth-order valence-corrected chi connectivity index (χ4v) is 5.84. The van der Waals surface area contributed by atoms with Crippen LogP contribution in [0.25, 0.3) is 0 Å². The predicted octanol–water partition coefficient (Wildman–Crippen LogP) is 5.30. The lowest BCUT2D eigenvalue weighted by atomic mass is 9.77. The molecule has 31 heavy (non-hydrogen) atoms. The summed E-state index contributed by atoms with van der Waals surface area (Å²) < 4.78 is 28.6. The van der Waals surface area contributed by atoms with Crippen LogP contribution in [-0.4, -0.2) is 8.42 Å². The Hall–Kier alpha value is -2.89. The first-order chi connectivity index (χ1) is 15.0. The van der Waals surface area contributed by atoms with E-state index in [1.54, 1.807) is 6.07 Å². The quantitative estimate of drug-likeness (QED) is 0.540. The molecule has 1 aliphatic carbocycles. The van der Waals surface area contributed by atoms with E-state index in [9.17, 15) is 8.42 Å². The topological polar surface area (TPSA) is 58.2 Å². The molecular formula is C26H26N2O2S. The zero-order valence-corrected chi connectivity index (χ0v) is 18.3. The third-order valence-electron chi connectivity index (χ3n) is 6.35. The van der Waals surface area contributed by atoms with Crippen LogP contribution in [0, 0.1) is 12.8 Å². The fraction of sp³-hybridized carbons (Fsp3) is 0.231. The maximum absolute atomic E-state index is 13.0. The molecule has 3 aromatic carbocycles. The monoisotopic (exact) mass is 430 g/mol. The molecule has 0 fully saturated rings. The molecule has 5 rings (SSSR count). The maximum atomic E-state index is 13.0. The normalized spacial score (nSPS) is 21.9. The molecule has 2 aliphatic rings. The number of hydrogen-bond donors (Lipinski definition) is 2. The van der Waals surface area contributed by atoms with Gasteiger partial charge in [-0.3, -0.25) is 0 Å². The number of aryl methyl sites for hydroxylation is 1. The summed E-state index contributed by atoms with van der Waals surface area (Å²) in [5.74, 6) is 0.593. The summed E-state index contributed by atoms with van der Waals surface area (Å²) in [6, 6.07) is 23.9. The van der Waals surface area contributed by atoms with Crippen molar-refractivity contribution in [2.75, 3.05) is 5.32 Å². The summed E-state index contributed by atoms with van der Waals surface area (Å²) in [6.07, 6.45) is 5.45. The minimum atomic E-state index is -3.59. The first-order valence-corrected chi connectivity index (χ1v) is 12.2. The largest absolute Gasteiger partial charge is 0.378 e. The molecule has 0 amide bonds. The van der Waals surface area contributed by atoms with E-state index in [4.69, 9.17) is 0 Å². The first kappa shape index (κ1) is 20.0. The SMILES string of the molecule is Cc1cccc(C2Nc3ccc(S(=O)(=O)NCc4ccccc4)cc3C3C=CCC32)c1. The molecule has 0 radical (unpaired) electrons. The van der Waals surface area contributed by atoms with Crippen LogP contribution in [0.1, 0.15) is 40.6 Å². The lowest BCUT2D eigenvalue weighted by molar-refractivity contribution is 0.425. The van der Waals surface area contributed by atoms with Crippen molar-refractivity contribution in [2.24, 2.45) is 5.92 Å². The van der Waals surface area contributed by atoms with Crippen molar-refractivity contribution in [3.63, 3.8) is 0 Å². The Kier molecular flexibility index (Phi) is 5.16. The second kappa shape index (κ2) is 7.98. The summed E-state index contributed by atoms with van der Waals surface area (Å²) in [4.78, 5) is 0.317. The first-order valence-electron chi connectivity index (χ1n) is 10.7. The van der Waals surface area contributed by atoms with E-state index < -0.39 is 10.0 Å². The van der Waals surface area contributed by atoms with Gasteiger partial charge in [0.25, 0.3) is 0 Å². The standard InChI is InChI=1S/C26H26N2O2S/c1-18-7-5-10-20(15-18)26-23-12-6-11-22(23)24-16-21(13-14-25(24)28-26)31(29,30)27-17-19-8-3-2-4-9-19/h2-11,13-16,22-23,26-28H,12,17H2,1H3. The van der Waals surface area contributed by atoms with E-state index >= 15 is 0 Å². The van der Waals surface area contributed by atoms with E-state index in [0.717, 1.165) is 23.2 Å². The summed E-state index contributed by atoms with van der Waals surface area (Å²) in [5.41, 5.74) is 5.54. The molecule has 3 atom stereocenters. The summed E-state index contributed by atoms with van der Waals surface area (Å²) in [7, 11) is -3.59. The van der Waals surface area contributed by atoms with Gasteiger partial charge in [-0.2, -0.15) is 0 Å². The Bertz CT molecular complexity index is 1240. The zero-order valence-electron chi connectivity index (χ0n) is 17.5. The average Bonchev–Trinajstić information content (AvgIpc) is 3.28. The molecule has 5 heteroatoms. The van der Waals surface area contributed by atoms with Crippen molar-refractivity contribution in [1.82, 2.24) is 4.72 Å². The Morgan fingerprint density at radius 2 is 1.84 bits per heavy atom. The number of benzene rings is 3. The van der Waals surface area contributed by atoms with E-state index in [0.29, 0.717) is 10.8 Å². The van der Waals surface area contributed by atoms with E-state index in [1.165, 1.54) is 11.1 Å². The van der Waals surface area contributed by atoms with Gasteiger partial charge in [0, 0.05) is 18.2 Å². The molecule has 1 aliphatic heterocycles. The van der Waals surface area contributed by atoms with Gasteiger partial charge < -0.3 is 5.32 Å². The molecule has 0 saturated carbocycles. The van der Waals surface area contributed by atoms with Crippen LogP contribution in [-0.2, 0) is 16.6 Å². The maximum Gasteiger partial charge on any atom is 0.240 e. The van der Waals surface area contributed by atoms with Crippen LogP contribution in [0.5, 0.6) is 0 Å². The fourth-order valence-electron chi connectivity index (χ4n) is 4.79. The molecule has 4 nitrogen and oxygen atoms in total. The van der Waals surface area contributed by atoms with E-state index in [-0.39, 0.29) is 18.5 Å². The van der Waals surface area contributed by atoms with Crippen LogP contribution < -0.4 is 10.0 Å². The molecule has 0 spiro atoms. The molecule has 0 saturated heterocycles. The van der Waals surface area contributed by atoms with Crippen LogP contribution >= 0.6 is 0 Å². The van der Waals surface area contributed by atoms with Crippen LogP contribution in [0.3, 0.4) is 0 Å². The highest BCUT2D eigenvalue weighted by atomic mass is 32.2. The van der Waals surface area contributed by atoms with Gasteiger partial charge in [0.2, 0.25) is 10.0 Å². The van der Waals surface area contributed by atoms with Gasteiger partial charge in [-0.1, -0.05) is 72.3 Å². The lowest BCUT2D eigenvalue weighted by Gasteiger charge is -2.37. The number of allylic oxidation sites excluding steroid dienone is 2. The highest BCUT2D eigenvalue weighted by Crippen LogP contribution is 2.50. The van der Waals surface area contributed by atoms with Gasteiger partial charge in [-0.25, -0.2) is 13.1 Å². The van der Waals surface area contributed by atoms with Gasteiger partial charge in [0.1, 0.15) is 0 Å². The third kappa shape index (κ3) is 3.91. The smallest absolute Gasteiger partial charge is 0.240 e. The summed E-state index contributed by atoms with van der Waals surface area (Å²) in [6.45, 7) is 2.39. The minimum absolute atomic E-state index is 0.214. The zero-order chi connectivity index (χ0) is 21.4. The predicted molar refractivity (Wildman–Crippen MR) is 124 cm³/mol.